The maximum Gasteiger partial charge on any atom is 0.229 e. The molecule has 0 N–H and O–H groups in total. The van der Waals surface area contributed by atoms with E-state index in [1.54, 1.807) is 30.7 Å². The molecule has 21 heavy (non-hydrogen) atoms. The lowest BCUT2D eigenvalue weighted by atomic mass is 10.2. The molecule has 1 saturated heterocycles. The second-order valence-electron chi connectivity index (χ2n) is 4.99. The van der Waals surface area contributed by atoms with Crippen LogP contribution in [-0.4, -0.2) is 36.3 Å². The minimum atomic E-state index is 0.264. The van der Waals surface area contributed by atoms with E-state index >= 15 is 0 Å². The van der Waals surface area contributed by atoms with E-state index in [4.69, 9.17) is 9.47 Å². The molecular formula is C15H19N3O2S. The molecule has 3 heterocycles. The van der Waals surface area contributed by atoms with Crippen molar-refractivity contribution in [1.29, 1.82) is 0 Å². The van der Waals surface area contributed by atoms with Crippen LogP contribution in [0.25, 0.3) is 0 Å². The molecule has 0 bridgehead atoms. The Morgan fingerprint density at radius 2 is 2.43 bits per heavy atom. The molecule has 3 rings (SSSR count). The highest BCUT2D eigenvalue weighted by Gasteiger charge is 2.21. The second kappa shape index (κ2) is 6.87. The standard InChI is InChI=1S/C15H19N3O2S/c1-19-14-6-7-16-15(17-14)18(10-12-4-2-8-20-12)11-13-5-3-9-21-13/h3,5-7,9,12H,2,4,8,10-11H2,1H3. The van der Waals surface area contributed by atoms with Crippen LogP contribution in [0, 0.1) is 0 Å². The van der Waals surface area contributed by atoms with Gasteiger partial charge in [0, 0.05) is 30.3 Å². The molecule has 1 fully saturated rings. The number of hydrogen-bond donors (Lipinski definition) is 0. The van der Waals surface area contributed by atoms with Crippen molar-refractivity contribution in [1.82, 2.24) is 9.97 Å². The highest BCUT2D eigenvalue weighted by Crippen LogP contribution is 2.21. The van der Waals surface area contributed by atoms with Gasteiger partial charge in [-0.15, -0.1) is 11.3 Å². The Balaban J connectivity index is 1.79. The Morgan fingerprint density at radius 3 is 3.14 bits per heavy atom. The van der Waals surface area contributed by atoms with E-state index in [-0.39, 0.29) is 6.10 Å². The van der Waals surface area contributed by atoms with Crippen molar-refractivity contribution < 1.29 is 9.47 Å². The van der Waals surface area contributed by atoms with Crippen molar-refractivity contribution in [2.24, 2.45) is 0 Å². The van der Waals surface area contributed by atoms with Crippen LogP contribution in [0.4, 0.5) is 5.95 Å². The number of nitrogens with zero attached hydrogens (tertiary/aromatic N) is 3. The van der Waals surface area contributed by atoms with Gasteiger partial charge in [-0.05, 0) is 24.3 Å². The van der Waals surface area contributed by atoms with Gasteiger partial charge in [0.25, 0.3) is 0 Å². The van der Waals surface area contributed by atoms with Crippen LogP contribution in [0.3, 0.4) is 0 Å². The normalized spacial score (nSPS) is 17.9. The molecule has 0 aliphatic carbocycles. The number of anilines is 1. The van der Waals surface area contributed by atoms with Crippen LogP contribution in [0.5, 0.6) is 5.88 Å². The quantitative estimate of drug-likeness (QED) is 0.821. The van der Waals surface area contributed by atoms with Crippen molar-refractivity contribution in [3.63, 3.8) is 0 Å². The first-order chi connectivity index (χ1) is 10.3. The van der Waals surface area contributed by atoms with E-state index in [9.17, 15) is 0 Å². The number of ether oxygens (including phenoxy) is 2. The highest BCUT2D eigenvalue weighted by molar-refractivity contribution is 7.09. The number of rotatable bonds is 6. The molecule has 0 amide bonds. The number of thiophene rings is 1. The molecule has 5 nitrogen and oxygen atoms in total. The van der Waals surface area contributed by atoms with Crippen LogP contribution in [0.2, 0.25) is 0 Å². The van der Waals surface area contributed by atoms with Gasteiger partial charge >= 0.3 is 0 Å². The van der Waals surface area contributed by atoms with E-state index in [2.05, 4.69) is 32.4 Å². The summed E-state index contributed by atoms with van der Waals surface area (Å²) in [6, 6.07) is 5.96. The summed E-state index contributed by atoms with van der Waals surface area (Å²) in [5, 5.41) is 2.09. The first-order valence-corrected chi connectivity index (χ1v) is 7.99. The third kappa shape index (κ3) is 3.71. The molecule has 0 radical (unpaired) electrons. The highest BCUT2D eigenvalue weighted by atomic mass is 32.1. The third-order valence-electron chi connectivity index (χ3n) is 3.48. The summed E-state index contributed by atoms with van der Waals surface area (Å²) >= 11 is 1.74. The second-order valence-corrected chi connectivity index (χ2v) is 6.03. The summed E-state index contributed by atoms with van der Waals surface area (Å²) in [5.74, 6) is 1.28. The van der Waals surface area contributed by atoms with Gasteiger partial charge in [-0.2, -0.15) is 4.98 Å². The minimum absolute atomic E-state index is 0.264. The van der Waals surface area contributed by atoms with E-state index in [1.165, 1.54) is 4.88 Å². The van der Waals surface area contributed by atoms with Crippen LogP contribution in [0.15, 0.2) is 29.8 Å². The van der Waals surface area contributed by atoms with Gasteiger partial charge in [0.1, 0.15) is 0 Å². The SMILES string of the molecule is COc1ccnc(N(Cc2cccs2)CC2CCCO2)n1. The van der Waals surface area contributed by atoms with Crippen molar-refractivity contribution in [2.75, 3.05) is 25.2 Å². The Bertz CT molecular complexity index is 556. The van der Waals surface area contributed by atoms with E-state index in [0.29, 0.717) is 11.8 Å². The lowest BCUT2D eigenvalue weighted by Gasteiger charge is -2.25. The third-order valence-corrected chi connectivity index (χ3v) is 4.35. The van der Waals surface area contributed by atoms with Crippen molar-refractivity contribution in [3.8, 4) is 5.88 Å². The topological polar surface area (TPSA) is 47.5 Å². The monoisotopic (exact) mass is 305 g/mol. The summed E-state index contributed by atoms with van der Waals surface area (Å²) in [4.78, 5) is 12.3. The first-order valence-electron chi connectivity index (χ1n) is 7.11. The van der Waals surface area contributed by atoms with Crippen LogP contribution in [-0.2, 0) is 11.3 Å². The fourth-order valence-corrected chi connectivity index (χ4v) is 3.16. The lowest BCUT2D eigenvalue weighted by molar-refractivity contribution is 0.115. The Hall–Kier alpha value is -1.66. The zero-order valence-corrected chi connectivity index (χ0v) is 12.9. The molecule has 1 aliphatic heterocycles. The van der Waals surface area contributed by atoms with Gasteiger partial charge in [-0.3, -0.25) is 0 Å². The molecule has 0 spiro atoms. The van der Waals surface area contributed by atoms with E-state index < -0.39 is 0 Å². The molecule has 1 atom stereocenters. The Kier molecular flexibility index (Phi) is 4.67. The average molecular weight is 305 g/mol. The summed E-state index contributed by atoms with van der Waals surface area (Å²) < 4.78 is 11.0. The fraction of sp³-hybridized carbons (Fsp3) is 0.467. The number of hydrogen-bond acceptors (Lipinski definition) is 6. The van der Waals surface area contributed by atoms with Gasteiger partial charge in [-0.1, -0.05) is 6.07 Å². The molecule has 1 unspecified atom stereocenters. The molecule has 6 heteroatoms. The van der Waals surface area contributed by atoms with Crippen LogP contribution in [0.1, 0.15) is 17.7 Å². The summed E-state index contributed by atoms with van der Waals surface area (Å²) in [5.41, 5.74) is 0. The van der Waals surface area contributed by atoms with Crippen molar-refractivity contribution in [3.05, 3.63) is 34.7 Å². The maximum absolute atomic E-state index is 5.76. The molecule has 112 valence electrons. The molecule has 0 aromatic carbocycles. The smallest absolute Gasteiger partial charge is 0.229 e. The van der Waals surface area contributed by atoms with E-state index in [1.807, 2.05) is 0 Å². The largest absolute Gasteiger partial charge is 0.481 e. The molecule has 1 aliphatic rings. The molecular weight excluding hydrogens is 286 g/mol. The maximum atomic E-state index is 5.76. The van der Waals surface area contributed by atoms with Crippen LogP contribution >= 0.6 is 11.3 Å². The van der Waals surface area contributed by atoms with Gasteiger partial charge in [-0.25, -0.2) is 4.98 Å². The average Bonchev–Trinajstić information content (AvgIpc) is 3.20. The van der Waals surface area contributed by atoms with Gasteiger partial charge in [0.05, 0.1) is 19.8 Å². The summed E-state index contributed by atoms with van der Waals surface area (Å²) in [7, 11) is 1.62. The summed E-state index contributed by atoms with van der Waals surface area (Å²) in [6.07, 6.45) is 4.24. The van der Waals surface area contributed by atoms with Crippen molar-refractivity contribution in [2.45, 2.75) is 25.5 Å². The van der Waals surface area contributed by atoms with Crippen molar-refractivity contribution >= 4 is 17.3 Å². The van der Waals surface area contributed by atoms with E-state index in [0.717, 1.165) is 32.5 Å². The van der Waals surface area contributed by atoms with Gasteiger partial charge in [0.2, 0.25) is 11.8 Å². The van der Waals surface area contributed by atoms with Gasteiger partial charge < -0.3 is 14.4 Å². The Morgan fingerprint density at radius 1 is 1.48 bits per heavy atom. The summed E-state index contributed by atoms with van der Waals surface area (Å²) in [6.45, 7) is 2.46. The predicted octanol–water partition coefficient (Wildman–Crippen LogP) is 2.73. The van der Waals surface area contributed by atoms with Crippen LogP contribution < -0.4 is 9.64 Å². The zero-order chi connectivity index (χ0) is 14.5. The predicted molar refractivity (Wildman–Crippen MR) is 82.9 cm³/mol. The molecule has 0 saturated carbocycles. The lowest BCUT2D eigenvalue weighted by Crippen LogP contribution is -2.32. The Labute approximate surface area is 128 Å². The van der Waals surface area contributed by atoms with Gasteiger partial charge in [0.15, 0.2) is 0 Å². The minimum Gasteiger partial charge on any atom is -0.481 e. The molecule has 2 aromatic rings. The zero-order valence-electron chi connectivity index (χ0n) is 12.1. The first kappa shape index (κ1) is 14.3. The number of methoxy groups -OCH3 is 1. The fourth-order valence-electron chi connectivity index (χ4n) is 2.44. The number of aromatic nitrogens is 2. The molecule has 2 aromatic heterocycles.